The monoisotopic (exact) mass is 489 g/mol. The SMILES string of the molecule is O=C(COc1ccc(Br)cc1Cl)NC(=S)Nc1ccc(Nc2ccccc2)cc1. The van der Waals surface area contributed by atoms with Crippen LogP contribution in [0.4, 0.5) is 17.1 Å². The number of carbonyl (C=O) groups excluding carboxylic acids is 1. The molecule has 0 aliphatic carbocycles. The van der Waals surface area contributed by atoms with Crippen LogP contribution in [-0.2, 0) is 4.79 Å². The average molecular weight is 491 g/mol. The Labute approximate surface area is 187 Å². The Kier molecular flexibility index (Phi) is 7.46. The van der Waals surface area contributed by atoms with Crippen LogP contribution in [0.5, 0.6) is 5.75 Å². The van der Waals surface area contributed by atoms with Crippen LogP contribution in [0.2, 0.25) is 5.02 Å². The third-order valence-corrected chi connectivity index (χ3v) is 4.70. The van der Waals surface area contributed by atoms with Crippen LogP contribution in [0.3, 0.4) is 0 Å². The van der Waals surface area contributed by atoms with Gasteiger partial charge in [-0.25, -0.2) is 0 Å². The zero-order valence-corrected chi connectivity index (χ0v) is 18.3. The summed E-state index contributed by atoms with van der Waals surface area (Å²) in [5.74, 6) is 0.0363. The highest BCUT2D eigenvalue weighted by atomic mass is 79.9. The second kappa shape index (κ2) is 10.2. The number of ether oxygens (including phenoxy) is 1. The Bertz CT molecular complexity index is 1000. The maximum Gasteiger partial charge on any atom is 0.264 e. The molecule has 3 aromatic carbocycles. The topological polar surface area (TPSA) is 62.4 Å². The van der Waals surface area contributed by atoms with E-state index in [1.807, 2.05) is 54.6 Å². The van der Waals surface area contributed by atoms with Gasteiger partial charge < -0.3 is 15.4 Å². The first-order valence-corrected chi connectivity index (χ1v) is 10.2. The Morgan fingerprint density at radius 2 is 1.62 bits per heavy atom. The van der Waals surface area contributed by atoms with E-state index in [1.54, 1.807) is 18.2 Å². The van der Waals surface area contributed by atoms with Crippen LogP contribution in [0.15, 0.2) is 77.3 Å². The Hall–Kier alpha value is -2.61. The molecule has 0 unspecified atom stereocenters. The second-order valence-corrected chi connectivity index (χ2v) is 7.67. The van der Waals surface area contributed by atoms with Crippen molar-refractivity contribution in [2.45, 2.75) is 0 Å². The Balaban J connectivity index is 1.46. The number of nitrogens with one attached hydrogen (secondary N) is 3. The zero-order valence-electron chi connectivity index (χ0n) is 15.1. The minimum atomic E-state index is -0.385. The van der Waals surface area contributed by atoms with Crippen LogP contribution in [0.1, 0.15) is 0 Å². The molecule has 0 heterocycles. The number of para-hydroxylation sites is 1. The van der Waals surface area contributed by atoms with E-state index >= 15 is 0 Å². The Morgan fingerprint density at radius 1 is 0.966 bits per heavy atom. The van der Waals surface area contributed by atoms with Gasteiger partial charge in [0.1, 0.15) is 5.75 Å². The van der Waals surface area contributed by atoms with E-state index in [0.29, 0.717) is 10.8 Å². The molecule has 29 heavy (non-hydrogen) atoms. The molecule has 0 saturated heterocycles. The van der Waals surface area contributed by atoms with Crippen LogP contribution in [-0.4, -0.2) is 17.6 Å². The average Bonchev–Trinajstić information content (AvgIpc) is 2.69. The summed E-state index contributed by atoms with van der Waals surface area (Å²) < 4.78 is 6.24. The van der Waals surface area contributed by atoms with Gasteiger partial charge in [0.15, 0.2) is 11.7 Å². The summed E-state index contributed by atoms with van der Waals surface area (Å²) in [5.41, 5.74) is 2.70. The number of halogens is 2. The number of hydrogen-bond acceptors (Lipinski definition) is 4. The van der Waals surface area contributed by atoms with Gasteiger partial charge in [0.25, 0.3) is 5.91 Å². The molecule has 3 N–H and O–H groups in total. The van der Waals surface area contributed by atoms with Crippen LogP contribution < -0.4 is 20.7 Å². The second-order valence-electron chi connectivity index (χ2n) is 5.93. The standard InChI is InChI=1S/C21H17BrClN3O2S/c22-14-6-11-19(18(23)12-14)28-13-20(27)26-21(29)25-17-9-7-16(8-10-17)24-15-4-2-1-3-5-15/h1-12,24H,13H2,(H2,25,26,27,29). The maximum absolute atomic E-state index is 12.0. The molecule has 0 atom stereocenters. The van der Waals surface area contributed by atoms with Gasteiger partial charge in [0, 0.05) is 21.5 Å². The predicted molar refractivity (Wildman–Crippen MR) is 125 cm³/mol. The van der Waals surface area contributed by atoms with Crippen molar-refractivity contribution < 1.29 is 9.53 Å². The summed E-state index contributed by atoms with van der Waals surface area (Å²) in [7, 11) is 0. The normalized spacial score (nSPS) is 10.1. The molecule has 0 radical (unpaired) electrons. The van der Waals surface area contributed by atoms with Crippen molar-refractivity contribution in [3.8, 4) is 5.75 Å². The number of rotatable bonds is 6. The van der Waals surface area contributed by atoms with Crippen molar-refractivity contribution in [3.63, 3.8) is 0 Å². The van der Waals surface area contributed by atoms with Crippen molar-refractivity contribution in [2.24, 2.45) is 0 Å². The first-order chi connectivity index (χ1) is 14.0. The van der Waals surface area contributed by atoms with Gasteiger partial charge in [0.05, 0.1) is 5.02 Å². The smallest absolute Gasteiger partial charge is 0.264 e. The molecule has 0 saturated carbocycles. The van der Waals surface area contributed by atoms with Gasteiger partial charge in [-0.3, -0.25) is 10.1 Å². The van der Waals surface area contributed by atoms with Crippen molar-refractivity contribution in [1.82, 2.24) is 5.32 Å². The number of amides is 1. The quantitative estimate of drug-likeness (QED) is 0.385. The summed E-state index contributed by atoms with van der Waals surface area (Å²) in [4.78, 5) is 12.0. The number of thiocarbonyl (C=S) groups is 1. The van der Waals surface area contributed by atoms with Crippen molar-refractivity contribution in [1.29, 1.82) is 0 Å². The van der Waals surface area contributed by atoms with Gasteiger partial charge >= 0.3 is 0 Å². The van der Waals surface area contributed by atoms with E-state index in [4.69, 9.17) is 28.6 Å². The van der Waals surface area contributed by atoms with E-state index in [9.17, 15) is 4.79 Å². The molecule has 0 fully saturated rings. The van der Waals surface area contributed by atoms with E-state index in [2.05, 4.69) is 31.9 Å². The number of carbonyl (C=O) groups is 1. The van der Waals surface area contributed by atoms with Crippen LogP contribution >= 0.6 is 39.7 Å². The number of benzene rings is 3. The summed E-state index contributed by atoms with van der Waals surface area (Å²) in [6, 6.07) is 22.6. The minimum absolute atomic E-state index is 0.185. The molecule has 0 aliphatic heterocycles. The van der Waals surface area contributed by atoms with E-state index < -0.39 is 0 Å². The highest BCUT2D eigenvalue weighted by molar-refractivity contribution is 9.10. The molecule has 8 heteroatoms. The molecule has 0 aliphatic rings. The first kappa shape index (κ1) is 21.1. The van der Waals surface area contributed by atoms with Gasteiger partial charge in [0.2, 0.25) is 0 Å². The molecule has 0 spiro atoms. The van der Waals surface area contributed by atoms with E-state index in [1.165, 1.54) is 0 Å². The molecule has 148 valence electrons. The fraction of sp³-hybridized carbons (Fsp3) is 0.0476. The summed E-state index contributed by atoms with van der Waals surface area (Å²) in [6.45, 7) is -0.205. The molecular weight excluding hydrogens is 474 g/mol. The van der Waals surface area contributed by atoms with Gasteiger partial charge in [-0.15, -0.1) is 0 Å². The van der Waals surface area contributed by atoms with Gasteiger partial charge in [-0.2, -0.15) is 0 Å². The maximum atomic E-state index is 12.0. The molecule has 3 rings (SSSR count). The Morgan fingerprint density at radius 3 is 2.31 bits per heavy atom. The summed E-state index contributed by atoms with van der Waals surface area (Å²) in [6.07, 6.45) is 0. The fourth-order valence-corrected chi connectivity index (χ4v) is 3.35. The molecule has 3 aromatic rings. The third kappa shape index (κ3) is 6.74. The zero-order chi connectivity index (χ0) is 20.6. The van der Waals surface area contributed by atoms with E-state index in [0.717, 1.165) is 21.5 Å². The largest absolute Gasteiger partial charge is 0.482 e. The van der Waals surface area contributed by atoms with Crippen LogP contribution in [0, 0.1) is 0 Å². The van der Waals surface area contributed by atoms with Crippen molar-refractivity contribution >= 4 is 67.8 Å². The molecule has 1 amide bonds. The minimum Gasteiger partial charge on any atom is -0.482 e. The lowest BCUT2D eigenvalue weighted by Gasteiger charge is -2.12. The fourth-order valence-electron chi connectivity index (χ4n) is 2.39. The summed E-state index contributed by atoms with van der Waals surface area (Å²) >= 11 is 14.5. The van der Waals surface area contributed by atoms with Crippen LogP contribution in [0.25, 0.3) is 0 Å². The molecule has 5 nitrogen and oxygen atoms in total. The highest BCUT2D eigenvalue weighted by Gasteiger charge is 2.08. The van der Waals surface area contributed by atoms with Gasteiger partial charge in [-0.05, 0) is 66.8 Å². The number of anilines is 3. The lowest BCUT2D eigenvalue weighted by Crippen LogP contribution is -2.37. The molecular formula is C21H17BrClN3O2S. The molecule has 0 aromatic heterocycles. The third-order valence-electron chi connectivity index (χ3n) is 3.71. The van der Waals surface area contributed by atoms with Crippen molar-refractivity contribution in [2.75, 3.05) is 17.2 Å². The summed E-state index contributed by atoms with van der Waals surface area (Å²) in [5, 5.41) is 9.43. The number of hydrogen-bond donors (Lipinski definition) is 3. The lowest BCUT2D eigenvalue weighted by atomic mass is 10.2. The lowest BCUT2D eigenvalue weighted by molar-refractivity contribution is -0.121. The van der Waals surface area contributed by atoms with Crippen molar-refractivity contribution in [3.05, 3.63) is 82.3 Å². The highest BCUT2D eigenvalue weighted by Crippen LogP contribution is 2.27. The first-order valence-electron chi connectivity index (χ1n) is 8.60. The molecule has 0 bridgehead atoms. The van der Waals surface area contributed by atoms with E-state index in [-0.39, 0.29) is 17.6 Å². The predicted octanol–water partition coefficient (Wildman–Crippen LogP) is 5.74. The van der Waals surface area contributed by atoms with Gasteiger partial charge in [-0.1, -0.05) is 45.7 Å².